The fourth-order valence-corrected chi connectivity index (χ4v) is 6.61. The fourth-order valence-electron chi connectivity index (χ4n) is 6.61. The van der Waals surface area contributed by atoms with Crippen LogP contribution in [0.5, 0.6) is 0 Å². The molecule has 4 unspecified atom stereocenters. The number of nitrogens with zero attached hydrogens (tertiary/aromatic N) is 2. The van der Waals surface area contributed by atoms with Crippen molar-refractivity contribution < 1.29 is 14.3 Å². The summed E-state index contributed by atoms with van der Waals surface area (Å²) in [5.74, 6) is 0.646. The van der Waals surface area contributed by atoms with Crippen LogP contribution in [0.25, 0.3) is 0 Å². The number of rotatable bonds is 3. The van der Waals surface area contributed by atoms with Gasteiger partial charge in [0.2, 0.25) is 0 Å². The van der Waals surface area contributed by atoms with Crippen LogP contribution in [0, 0.1) is 5.92 Å². The summed E-state index contributed by atoms with van der Waals surface area (Å²) in [7, 11) is 0. The van der Waals surface area contributed by atoms with E-state index in [0.717, 1.165) is 51.0 Å². The lowest BCUT2D eigenvalue weighted by Gasteiger charge is -2.34. The second kappa shape index (κ2) is 8.26. The Morgan fingerprint density at radius 3 is 2.73 bits per heavy atom. The minimum Gasteiger partial charge on any atom is -0.381 e. The van der Waals surface area contributed by atoms with Crippen molar-refractivity contribution in [2.75, 3.05) is 26.4 Å². The number of hydrogen-bond donors (Lipinski definition) is 1. The number of carbonyl (C=O) groups is 2. The molecule has 2 aromatic rings. The number of likely N-dealkylation sites (tertiary alicyclic amines) is 1. The topological polar surface area (TPSA) is 61.9 Å². The first kappa shape index (κ1) is 20.9. The minimum atomic E-state index is -0.919. The van der Waals surface area contributed by atoms with E-state index in [1.165, 1.54) is 16.0 Å². The smallest absolute Gasteiger partial charge is 0.326 e. The van der Waals surface area contributed by atoms with Crippen LogP contribution in [0.15, 0.2) is 54.6 Å². The van der Waals surface area contributed by atoms with E-state index in [1.54, 1.807) is 0 Å². The van der Waals surface area contributed by atoms with Crippen molar-refractivity contribution in [1.82, 2.24) is 15.1 Å². The lowest BCUT2D eigenvalue weighted by atomic mass is 9.84. The zero-order valence-corrected chi connectivity index (χ0v) is 18.9. The lowest BCUT2D eigenvalue weighted by molar-refractivity contribution is -0.133. The van der Waals surface area contributed by atoms with Crippen LogP contribution in [0.3, 0.4) is 0 Å². The van der Waals surface area contributed by atoms with E-state index in [2.05, 4.69) is 40.5 Å². The average molecular weight is 446 g/mol. The Kier molecular flexibility index (Phi) is 5.23. The molecular weight excluding hydrogens is 414 g/mol. The summed E-state index contributed by atoms with van der Waals surface area (Å²) in [4.78, 5) is 30.9. The van der Waals surface area contributed by atoms with E-state index in [1.807, 2.05) is 24.3 Å². The van der Waals surface area contributed by atoms with Crippen molar-refractivity contribution in [2.45, 2.75) is 49.6 Å². The first-order chi connectivity index (χ1) is 16.2. The van der Waals surface area contributed by atoms with Gasteiger partial charge < -0.3 is 10.1 Å². The van der Waals surface area contributed by atoms with E-state index in [9.17, 15) is 9.59 Å². The SMILES string of the molecule is O=C1NC2(CCCCc3ccccc32)C(=O)N1CN1CC(c2ccccc2)C2COCCC21. The van der Waals surface area contributed by atoms with E-state index in [-0.39, 0.29) is 11.9 Å². The highest BCUT2D eigenvalue weighted by Crippen LogP contribution is 2.43. The first-order valence-corrected chi connectivity index (χ1v) is 12.3. The van der Waals surface area contributed by atoms with Gasteiger partial charge in [-0.05, 0) is 48.8 Å². The molecule has 1 N–H and O–H groups in total. The molecule has 3 amide bonds. The molecule has 3 aliphatic heterocycles. The summed E-state index contributed by atoms with van der Waals surface area (Å²) in [6, 6.07) is 18.8. The number of imide groups is 1. The molecule has 3 saturated heterocycles. The number of benzene rings is 2. The quantitative estimate of drug-likeness (QED) is 0.733. The molecule has 4 aliphatic rings. The summed E-state index contributed by atoms with van der Waals surface area (Å²) < 4.78 is 5.85. The van der Waals surface area contributed by atoms with Crippen LogP contribution in [0.2, 0.25) is 0 Å². The Morgan fingerprint density at radius 1 is 1.03 bits per heavy atom. The van der Waals surface area contributed by atoms with E-state index < -0.39 is 5.54 Å². The molecule has 4 atom stereocenters. The molecule has 6 nitrogen and oxygen atoms in total. The van der Waals surface area contributed by atoms with Gasteiger partial charge in [0, 0.05) is 31.0 Å². The number of aryl methyl sites for hydroxylation is 1. The van der Waals surface area contributed by atoms with Gasteiger partial charge in [0.15, 0.2) is 0 Å². The molecule has 3 heterocycles. The second-order valence-corrected chi connectivity index (χ2v) is 9.96. The van der Waals surface area contributed by atoms with Crippen molar-refractivity contribution in [3.05, 3.63) is 71.3 Å². The summed E-state index contributed by atoms with van der Waals surface area (Å²) in [6.45, 7) is 2.65. The number of carbonyl (C=O) groups excluding carboxylic acids is 2. The largest absolute Gasteiger partial charge is 0.381 e. The Balaban J connectivity index is 1.28. The minimum absolute atomic E-state index is 0.0892. The Morgan fingerprint density at radius 2 is 1.85 bits per heavy atom. The molecule has 0 radical (unpaired) electrons. The fraction of sp³-hybridized carbons (Fsp3) is 0.481. The number of amides is 3. The Labute approximate surface area is 194 Å². The van der Waals surface area contributed by atoms with Crippen LogP contribution in [0.4, 0.5) is 4.79 Å². The van der Waals surface area contributed by atoms with Crippen molar-refractivity contribution in [3.8, 4) is 0 Å². The summed E-state index contributed by atoms with van der Waals surface area (Å²) in [5.41, 5.74) is 2.56. The second-order valence-electron chi connectivity index (χ2n) is 9.96. The third-order valence-electron chi connectivity index (χ3n) is 8.23. The highest BCUT2D eigenvalue weighted by Gasteiger charge is 2.55. The zero-order valence-electron chi connectivity index (χ0n) is 18.9. The lowest BCUT2D eigenvalue weighted by Crippen LogP contribution is -2.48. The first-order valence-electron chi connectivity index (χ1n) is 12.3. The molecule has 1 aliphatic carbocycles. The summed E-state index contributed by atoms with van der Waals surface area (Å²) in [6.07, 6.45) is 4.52. The molecule has 0 aromatic heterocycles. The molecular formula is C27H31N3O3. The highest BCUT2D eigenvalue weighted by molar-refractivity contribution is 6.07. The van der Waals surface area contributed by atoms with E-state index >= 15 is 0 Å². The molecule has 0 saturated carbocycles. The molecule has 33 heavy (non-hydrogen) atoms. The van der Waals surface area contributed by atoms with Gasteiger partial charge in [-0.1, -0.05) is 54.6 Å². The van der Waals surface area contributed by atoms with Gasteiger partial charge in [0.25, 0.3) is 5.91 Å². The monoisotopic (exact) mass is 445 g/mol. The normalized spacial score (nSPS) is 31.9. The van der Waals surface area contributed by atoms with Gasteiger partial charge in [-0.2, -0.15) is 0 Å². The Bertz CT molecular complexity index is 1060. The molecule has 6 rings (SSSR count). The molecule has 0 bridgehead atoms. The van der Waals surface area contributed by atoms with Crippen molar-refractivity contribution in [2.24, 2.45) is 5.92 Å². The van der Waals surface area contributed by atoms with Crippen LogP contribution in [0.1, 0.15) is 48.3 Å². The van der Waals surface area contributed by atoms with Crippen molar-refractivity contribution >= 4 is 11.9 Å². The highest BCUT2D eigenvalue weighted by atomic mass is 16.5. The number of fused-ring (bicyclic) bond motifs is 3. The van der Waals surface area contributed by atoms with Crippen LogP contribution >= 0.6 is 0 Å². The predicted octanol–water partition coefficient (Wildman–Crippen LogP) is 3.62. The number of ether oxygens (including phenoxy) is 1. The maximum Gasteiger partial charge on any atom is 0.326 e. The van der Waals surface area contributed by atoms with Crippen LogP contribution < -0.4 is 5.32 Å². The number of hydrogen-bond acceptors (Lipinski definition) is 4. The molecule has 2 aromatic carbocycles. The molecule has 172 valence electrons. The maximum atomic E-state index is 13.9. The Hall–Kier alpha value is -2.70. The standard InChI is InChI=1S/C27H31N3O3/c31-25-27(14-7-6-11-20-10-4-5-12-23(20)27)28-26(32)30(25)18-29-16-21(19-8-2-1-3-9-19)22-17-33-15-13-24(22)29/h1-5,8-10,12,21-22,24H,6-7,11,13-18H2,(H,28,32). The van der Waals surface area contributed by atoms with Crippen LogP contribution in [-0.2, 0) is 21.5 Å². The number of urea groups is 1. The van der Waals surface area contributed by atoms with Crippen molar-refractivity contribution in [1.29, 1.82) is 0 Å². The summed E-state index contributed by atoms with van der Waals surface area (Å²) in [5, 5.41) is 3.14. The van der Waals surface area contributed by atoms with Gasteiger partial charge in [-0.3, -0.25) is 9.69 Å². The average Bonchev–Trinajstić information content (AvgIpc) is 3.25. The molecule has 3 fully saturated rings. The van der Waals surface area contributed by atoms with Gasteiger partial charge in [-0.25, -0.2) is 9.69 Å². The van der Waals surface area contributed by atoms with Gasteiger partial charge in [0.1, 0.15) is 5.54 Å². The van der Waals surface area contributed by atoms with Gasteiger partial charge >= 0.3 is 6.03 Å². The molecule has 6 heteroatoms. The van der Waals surface area contributed by atoms with E-state index in [4.69, 9.17) is 4.74 Å². The zero-order chi connectivity index (χ0) is 22.4. The summed E-state index contributed by atoms with van der Waals surface area (Å²) >= 11 is 0. The number of nitrogens with one attached hydrogen (secondary N) is 1. The van der Waals surface area contributed by atoms with Crippen LogP contribution in [-0.4, -0.2) is 54.2 Å². The van der Waals surface area contributed by atoms with E-state index in [0.29, 0.717) is 31.0 Å². The third-order valence-corrected chi connectivity index (χ3v) is 8.23. The van der Waals surface area contributed by atoms with Crippen molar-refractivity contribution in [3.63, 3.8) is 0 Å². The molecule has 1 spiro atoms. The van der Waals surface area contributed by atoms with Gasteiger partial charge in [0.05, 0.1) is 13.3 Å². The third kappa shape index (κ3) is 3.39. The predicted molar refractivity (Wildman–Crippen MR) is 125 cm³/mol. The van der Waals surface area contributed by atoms with Gasteiger partial charge in [-0.15, -0.1) is 0 Å². The maximum absolute atomic E-state index is 13.9.